The van der Waals surface area contributed by atoms with Crippen LogP contribution in [-0.4, -0.2) is 79.4 Å². The first-order chi connectivity index (χ1) is 14.7. The van der Waals surface area contributed by atoms with E-state index in [9.17, 15) is 9.59 Å². The quantitative estimate of drug-likeness (QED) is 0.667. The monoisotopic (exact) mass is 431 g/mol. The van der Waals surface area contributed by atoms with E-state index in [1.807, 2.05) is 44.7 Å². The number of piperazine rings is 1. The minimum atomic E-state index is -0.443. The SMILES string of the molecule is CCOC(=O)Cc1ccc(N2CCN(C3CCN(C(=O)OC(C)(C)C)CC3)CC2)cc1. The van der Waals surface area contributed by atoms with Crippen LogP contribution in [0, 0.1) is 0 Å². The molecule has 0 atom stereocenters. The largest absolute Gasteiger partial charge is 0.466 e. The number of carbonyl (C=O) groups is 2. The summed E-state index contributed by atoms with van der Waals surface area (Å²) in [4.78, 5) is 30.7. The molecule has 1 aromatic carbocycles. The maximum atomic E-state index is 12.3. The first-order valence-electron chi connectivity index (χ1n) is 11.5. The third-order valence-corrected chi connectivity index (χ3v) is 5.90. The summed E-state index contributed by atoms with van der Waals surface area (Å²) in [5.41, 5.74) is 1.74. The van der Waals surface area contributed by atoms with Crippen LogP contribution in [0.4, 0.5) is 10.5 Å². The summed E-state index contributed by atoms with van der Waals surface area (Å²) < 4.78 is 10.5. The maximum absolute atomic E-state index is 12.3. The number of likely N-dealkylation sites (tertiary alicyclic amines) is 1. The Morgan fingerprint density at radius 1 is 0.968 bits per heavy atom. The van der Waals surface area contributed by atoms with Crippen molar-refractivity contribution >= 4 is 17.7 Å². The molecule has 1 amide bonds. The molecule has 172 valence electrons. The molecule has 0 radical (unpaired) electrons. The lowest BCUT2D eigenvalue weighted by Crippen LogP contribution is -2.54. The Labute approximate surface area is 186 Å². The highest BCUT2D eigenvalue weighted by molar-refractivity contribution is 5.72. The van der Waals surface area contributed by atoms with Crippen LogP contribution < -0.4 is 4.90 Å². The van der Waals surface area contributed by atoms with Crippen molar-refractivity contribution in [1.29, 1.82) is 0 Å². The third kappa shape index (κ3) is 6.86. The number of benzene rings is 1. The molecule has 2 aliphatic rings. The molecule has 31 heavy (non-hydrogen) atoms. The number of anilines is 1. The Bertz CT molecular complexity index is 728. The van der Waals surface area contributed by atoms with Gasteiger partial charge in [0.05, 0.1) is 13.0 Å². The summed E-state index contributed by atoms with van der Waals surface area (Å²) >= 11 is 0. The fourth-order valence-electron chi connectivity index (χ4n) is 4.29. The summed E-state index contributed by atoms with van der Waals surface area (Å²) in [6, 6.07) is 8.77. The van der Waals surface area contributed by atoms with Crippen molar-refractivity contribution in [3.63, 3.8) is 0 Å². The van der Waals surface area contributed by atoms with Crippen LogP contribution in [0.5, 0.6) is 0 Å². The van der Waals surface area contributed by atoms with E-state index < -0.39 is 5.60 Å². The van der Waals surface area contributed by atoms with Gasteiger partial charge in [0.15, 0.2) is 0 Å². The van der Waals surface area contributed by atoms with E-state index in [2.05, 4.69) is 21.9 Å². The molecular formula is C24H37N3O4. The fraction of sp³-hybridized carbons (Fsp3) is 0.667. The van der Waals surface area contributed by atoms with Crippen molar-refractivity contribution in [1.82, 2.24) is 9.80 Å². The van der Waals surface area contributed by atoms with Crippen LogP contribution in [0.2, 0.25) is 0 Å². The van der Waals surface area contributed by atoms with E-state index in [4.69, 9.17) is 9.47 Å². The van der Waals surface area contributed by atoms with E-state index in [1.54, 1.807) is 0 Å². The van der Waals surface area contributed by atoms with Crippen LogP contribution in [-0.2, 0) is 20.7 Å². The van der Waals surface area contributed by atoms with Crippen LogP contribution in [0.1, 0.15) is 46.1 Å². The van der Waals surface area contributed by atoms with Crippen molar-refractivity contribution in [2.45, 2.75) is 58.6 Å². The van der Waals surface area contributed by atoms with Crippen LogP contribution >= 0.6 is 0 Å². The number of hydrogen-bond donors (Lipinski definition) is 0. The Morgan fingerprint density at radius 2 is 1.58 bits per heavy atom. The Kier molecular flexibility index (Phi) is 7.81. The zero-order chi connectivity index (χ0) is 22.4. The smallest absolute Gasteiger partial charge is 0.410 e. The topological polar surface area (TPSA) is 62.3 Å². The van der Waals surface area contributed by atoms with Crippen LogP contribution in [0.3, 0.4) is 0 Å². The molecule has 0 unspecified atom stereocenters. The molecule has 0 aliphatic carbocycles. The zero-order valence-corrected chi connectivity index (χ0v) is 19.4. The van der Waals surface area contributed by atoms with Crippen LogP contribution in [0.15, 0.2) is 24.3 Å². The van der Waals surface area contributed by atoms with Gasteiger partial charge in [-0.15, -0.1) is 0 Å². The predicted octanol–water partition coefficient (Wildman–Crippen LogP) is 3.31. The van der Waals surface area contributed by atoms with Gasteiger partial charge >= 0.3 is 12.1 Å². The molecule has 0 saturated carbocycles. The molecule has 2 heterocycles. The number of hydrogen-bond acceptors (Lipinski definition) is 6. The fourth-order valence-corrected chi connectivity index (χ4v) is 4.29. The lowest BCUT2D eigenvalue weighted by molar-refractivity contribution is -0.142. The number of rotatable bonds is 5. The highest BCUT2D eigenvalue weighted by atomic mass is 16.6. The first kappa shape index (κ1) is 23.4. The summed E-state index contributed by atoms with van der Waals surface area (Å²) in [5.74, 6) is -0.179. The van der Waals surface area contributed by atoms with E-state index >= 15 is 0 Å². The van der Waals surface area contributed by atoms with Gasteiger partial charge < -0.3 is 19.3 Å². The third-order valence-electron chi connectivity index (χ3n) is 5.90. The molecule has 0 bridgehead atoms. The summed E-state index contributed by atoms with van der Waals surface area (Å²) in [6.07, 6.45) is 2.13. The number of nitrogens with zero attached hydrogens (tertiary/aromatic N) is 3. The Hall–Kier alpha value is -2.28. The molecule has 2 aliphatic heterocycles. The van der Waals surface area contributed by atoms with E-state index in [0.29, 0.717) is 19.1 Å². The highest BCUT2D eigenvalue weighted by Gasteiger charge is 2.31. The summed E-state index contributed by atoms with van der Waals surface area (Å²) in [5, 5.41) is 0. The molecule has 2 saturated heterocycles. The standard InChI is InChI=1S/C24H37N3O4/c1-5-30-22(28)18-19-6-8-20(9-7-19)25-14-16-26(17-15-25)21-10-12-27(13-11-21)23(29)31-24(2,3)4/h6-9,21H,5,10-18H2,1-4H3. The van der Waals surface area contributed by atoms with Gasteiger partial charge in [-0.3, -0.25) is 9.69 Å². The van der Waals surface area contributed by atoms with E-state index in [1.165, 1.54) is 5.69 Å². The lowest BCUT2D eigenvalue weighted by atomic mass is 10.0. The van der Waals surface area contributed by atoms with Gasteiger partial charge in [-0.2, -0.15) is 0 Å². The normalized spacial score (nSPS) is 18.7. The number of esters is 1. The number of carbonyl (C=O) groups excluding carboxylic acids is 2. The minimum Gasteiger partial charge on any atom is -0.466 e. The molecule has 0 N–H and O–H groups in total. The Morgan fingerprint density at radius 3 is 2.13 bits per heavy atom. The van der Waals surface area contributed by atoms with E-state index in [-0.39, 0.29) is 12.1 Å². The predicted molar refractivity (Wildman–Crippen MR) is 121 cm³/mol. The molecule has 7 heteroatoms. The maximum Gasteiger partial charge on any atom is 0.410 e. The average molecular weight is 432 g/mol. The van der Waals surface area contributed by atoms with E-state index in [0.717, 1.165) is 57.7 Å². The second-order valence-corrected chi connectivity index (χ2v) is 9.37. The van der Waals surface area contributed by atoms with Crippen molar-refractivity contribution in [2.75, 3.05) is 50.8 Å². The highest BCUT2D eigenvalue weighted by Crippen LogP contribution is 2.23. The second kappa shape index (κ2) is 10.4. The minimum absolute atomic E-state index is 0.179. The van der Waals surface area contributed by atoms with Gasteiger partial charge in [-0.05, 0) is 58.2 Å². The molecule has 0 aromatic heterocycles. The molecular weight excluding hydrogens is 394 g/mol. The molecule has 7 nitrogen and oxygen atoms in total. The lowest BCUT2D eigenvalue weighted by Gasteiger charge is -2.43. The van der Waals surface area contributed by atoms with Gasteiger partial charge in [0.2, 0.25) is 0 Å². The van der Waals surface area contributed by atoms with Gasteiger partial charge in [0, 0.05) is 51.0 Å². The molecule has 1 aromatic rings. The Balaban J connectivity index is 1.43. The van der Waals surface area contributed by atoms with Crippen molar-refractivity contribution in [2.24, 2.45) is 0 Å². The first-order valence-corrected chi connectivity index (χ1v) is 11.5. The van der Waals surface area contributed by atoms with Gasteiger partial charge in [0.25, 0.3) is 0 Å². The number of amides is 1. The zero-order valence-electron chi connectivity index (χ0n) is 19.4. The summed E-state index contributed by atoms with van der Waals surface area (Å²) in [7, 11) is 0. The number of ether oxygens (including phenoxy) is 2. The molecule has 3 rings (SSSR count). The average Bonchev–Trinajstić information content (AvgIpc) is 2.73. The van der Waals surface area contributed by atoms with Crippen LogP contribution in [0.25, 0.3) is 0 Å². The van der Waals surface area contributed by atoms with Gasteiger partial charge in [-0.25, -0.2) is 4.79 Å². The summed E-state index contributed by atoms with van der Waals surface area (Å²) in [6.45, 7) is 13.5. The van der Waals surface area contributed by atoms with Crippen molar-refractivity contribution < 1.29 is 19.1 Å². The molecule has 0 spiro atoms. The molecule has 2 fully saturated rings. The van der Waals surface area contributed by atoms with Crippen molar-refractivity contribution in [3.8, 4) is 0 Å². The van der Waals surface area contributed by atoms with Gasteiger partial charge in [-0.1, -0.05) is 12.1 Å². The van der Waals surface area contributed by atoms with Gasteiger partial charge in [0.1, 0.15) is 5.60 Å². The second-order valence-electron chi connectivity index (χ2n) is 9.37. The number of piperidine rings is 1. The van der Waals surface area contributed by atoms with Crippen molar-refractivity contribution in [3.05, 3.63) is 29.8 Å².